The van der Waals surface area contributed by atoms with E-state index in [0.717, 1.165) is 0 Å². The van der Waals surface area contributed by atoms with Crippen molar-refractivity contribution < 1.29 is 14.3 Å². The highest BCUT2D eigenvalue weighted by molar-refractivity contribution is 9.10. The summed E-state index contributed by atoms with van der Waals surface area (Å²) in [6.07, 6.45) is 0.705. The normalized spacial score (nSPS) is 12.0. The summed E-state index contributed by atoms with van der Waals surface area (Å²) in [4.78, 5) is 23.8. The summed E-state index contributed by atoms with van der Waals surface area (Å²) in [7, 11) is 1.31. The second kappa shape index (κ2) is 6.81. The van der Waals surface area contributed by atoms with Gasteiger partial charge in [0.1, 0.15) is 6.54 Å². The van der Waals surface area contributed by atoms with Crippen LogP contribution in [0.25, 0.3) is 0 Å². The molecule has 0 aromatic heterocycles. The van der Waals surface area contributed by atoms with Gasteiger partial charge in [-0.2, -0.15) is 0 Å². The number of hydrogen-bond donors (Lipinski definition) is 0. The molecule has 0 aliphatic heterocycles. The van der Waals surface area contributed by atoms with Gasteiger partial charge in [-0.3, -0.25) is 9.59 Å². The van der Waals surface area contributed by atoms with Crippen molar-refractivity contribution in [1.29, 1.82) is 0 Å². The van der Waals surface area contributed by atoms with Crippen molar-refractivity contribution in [3.05, 3.63) is 0 Å². The molecule has 0 N–H and O–H groups in total. The van der Waals surface area contributed by atoms with E-state index in [4.69, 9.17) is 0 Å². The van der Waals surface area contributed by atoms with Gasteiger partial charge in [0.2, 0.25) is 5.91 Å². The Hall–Kier alpha value is -0.580. The number of hydrogen-bond acceptors (Lipinski definition) is 3. The monoisotopic (exact) mass is 265 g/mol. The zero-order valence-corrected chi connectivity index (χ0v) is 10.3. The van der Waals surface area contributed by atoms with Gasteiger partial charge >= 0.3 is 5.97 Å². The van der Waals surface area contributed by atoms with Gasteiger partial charge in [-0.1, -0.05) is 22.9 Å². The van der Waals surface area contributed by atoms with Crippen molar-refractivity contribution in [2.45, 2.75) is 25.1 Å². The Morgan fingerprint density at radius 2 is 2.00 bits per heavy atom. The van der Waals surface area contributed by atoms with Crippen LogP contribution in [0.15, 0.2) is 0 Å². The number of carbonyl (C=O) groups excluding carboxylic acids is 2. The molecule has 0 spiro atoms. The number of carbonyl (C=O) groups is 2. The van der Waals surface area contributed by atoms with E-state index in [-0.39, 0.29) is 17.3 Å². The van der Waals surface area contributed by atoms with E-state index in [1.54, 1.807) is 0 Å². The Bertz CT molecular complexity index is 208. The number of ether oxygens (including phenoxy) is 1. The maximum atomic E-state index is 11.6. The van der Waals surface area contributed by atoms with Crippen molar-refractivity contribution in [3.63, 3.8) is 0 Å². The topological polar surface area (TPSA) is 46.6 Å². The van der Waals surface area contributed by atoms with Crippen LogP contribution in [0, 0.1) is 0 Å². The lowest BCUT2D eigenvalue weighted by Gasteiger charge is -2.21. The molecule has 1 unspecified atom stereocenters. The number of alkyl halides is 1. The van der Waals surface area contributed by atoms with Gasteiger partial charge in [0.25, 0.3) is 0 Å². The van der Waals surface area contributed by atoms with E-state index >= 15 is 0 Å². The van der Waals surface area contributed by atoms with Crippen LogP contribution in [0.4, 0.5) is 0 Å². The fourth-order valence-electron chi connectivity index (χ4n) is 0.939. The van der Waals surface area contributed by atoms with E-state index in [2.05, 4.69) is 20.7 Å². The minimum Gasteiger partial charge on any atom is -0.468 e. The first-order valence-electron chi connectivity index (χ1n) is 4.56. The summed E-state index contributed by atoms with van der Waals surface area (Å²) in [6, 6.07) is 0. The van der Waals surface area contributed by atoms with Crippen molar-refractivity contribution in [3.8, 4) is 0 Å². The molecule has 0 rings (SSSR count). The largest absolute Gasteiger partial charge is 0.468 e. The predicted molar refractivity (Wildman–Crippen MR) is 57.3 cm³/mol. The molecule has 14 heavy (non-hydrogen) atoms. The van der Waals surface area contributed by atoms with Crippen molar-refractivity contribution in [2.75, 3.05) is 20.2 Å². The molecule has 0 aromatic rings. The molecular formula is C9H16BrNO3. The average Bonchev–Trinajstić information content (AvgIpc) is 2.23. The first kappa shape index (κ1) is 13.4. The van der Waals surface area contributed by atoms with Crippen LogP contribution < -0.4 is 0 Å². The van der Waals surface area contributed by atoms with Gasteiger partial charge in [0, 0.05) is 6.54 Å². The second-order valence-corrected chi connectivity index (χ2v) is 3.91. The zero-order chi connectivity index (χ0) is 11.1. The molecule has 0 fully saturated rings. The summed E-state index contributed by atoms with van der Waals surface area (Å²) in [6.45, 7) is 4.27. The molecule has 0 aliphatic carbocycles. The van der Waals surface area contributed by atoms with Crippen LogP contribution in [0.5, 0.6) is 0 Å². The quantitative estimate of drug-likeness (QED) is 0.554. The van der Waals surface area contributed by atoms with E-state index in [0.29, 0.717) is 13.0 Å². The van der Waals surface area contributed by atoms with E-state index in [9.17, 15) is 9.59 Å². The highest BCUT2D eigenvalue weighted by Gasteiger charge is 2.21. The first-order chi connectivity index (χ1) is 6.56. The number of nitrogens with zero attached hydrogens (tertiary/aromatic N) is 1. The number of halogens is 1. The molecule has 0 saturated carbocycles. The van der Waals surface area contributed by atoms with E-state index in [1.165, 1.54) is 12.0 Å². The fraction of sp³-hybridized carbons (Fsp3) is 0.778. The third kappa shape index (κ3) is 4.09. The molecule has 0 bridgehead atoms. The third-order valence-electron chi connectivity index (χ3n) is 1.87. The van der Waals surface area contributed by atoms with Gasteiger partial charge in [-0.15, -0.1) is 0 Å². The molecule has 0 aromatic carbocycles. The Balaban J connectivity index is 4.26. The number of esters is 1. The summed E-state index contributed by atoms with van der Waals surface area (Å²) < 4.78 is 4.50. The lowest BCUT2D eigenvalue weighted by Crippen LogP contribution is -2.40. The van der Waals surface area contributed by atoms with E-state index < -0.39 is 5.97 Å². The molecule has 82 valence electrons. The van der Waals surface area contributed by atoms with Crippen molar-refractivity contribution >= 4 is 27.8 Å². The highest BCUT2D eigenvalue weighted by atomic mass is 79.9. The predicted octanol–water partition coefficient (Wildman–Crippen LogP) is 1.18. The third-order valence-corrected chi connectivity index (χ3v) is 2.91. The standard InChI is InChI=1S/C9H16BrNO3/c1-4-7(10)9(13)11(5-2)6-8(12)14-3/h7H,4-6H2,1-3H3. The maximum Gasteiger partial charge on any atom is 0.325 e. The molecule has 0 aliphatic rings. The van der Waals surface area contributed by atoms with Crippen molar-refractivity contribution in [1.82, 2.24) is 4.90 Å². The smallest absolute Gasteiger partial charge is 0.325 e. The van der Waals surface area contributed by atoms with Crippen LogP contribution in [0.1, 0.15) is 20.3 Å². The van der Waals surface area contributed by atoms with Gasteiger partial charge in [-0.25, -0.2) is 0 Å². The lowest BCUT2D eigenvalue weighted by molar-refractivity contribution is -0.146. The van der Waals surface area contributed by atoms with Crippen LogP contribution in [0.2, 0.25) is 0 Å². The highest BCUT2D eigenvalue weighted by Crippen LogP contribution is 2.08. The fourth-order valence-corrected chi connectivity index (χ4v) is 1.23. The first-order valence-corrected chi connectivity index (χ1v) is 5.48. The van der Waals surface area contributed by atoms with Gasteiger partial charge in [0.05, 0.1) is 11.9 Å². The lowest BCUT2D eigenvalue weighted by atomic mass is 10.3. The Kier molecular flexibility index (Phi) is 6.53. The summed E-state index contributed by atoms with van der Waals surface area (Å²) in [5.74, 6) is -0.462. The number of likely N-dealkylation sites (N-methyl/N-ethyl adjacent to an activating group) is 1. The molecule has 0 radical (unpaired) electrons. The van der Waals surface area contributed by atoms with Crippen LogP contribution in [0.3, 0.4) is 0 Å². The molecule has 0 saturated heterocycles. The molecule has 5 heteroatoms. The molecular weight excluding hydrogens is 250 g/mol. The van der Waals surface area contributed by atoms with Gasteiger partial charge in [0.15, 0.2) is 0 Å². The van der Waals surface area contributed by atoms with Gasteiger partial charge < -0.3 is 9.64 Å². The van der Waals surface area contributed by atoms with E-state index in [1.807, 2.05) is 13.8 Å². The minimum absolute atomic E-state index is 0.0218. The van der Waals surface area contributed by atoms with Crippen LogP contribution in [-0.4, -0.2) is 41.8 Å². The molecule has 4 nitrogen and oxygen atoms in total. The Labute approximate surface area is 92.7 Å². The van der Waals surface area contributed by atoms with Crippen molar-refractivity contribution in [2.24, 2.45) is 0 Å². The Morgan fingerprint density at radius 1 is 1.43 bits per heavy atom. The maximum absolute atomic E-state index is 11.6. The SMILES string of the molecule is CCC(Br)C(=O)N(CC)CC(=O)OC. The molecule has 1 amide bonds. The second-order valence-electron chi connectivity index (χ2n) is 2.80. The summed E-state index contributed by atoms with van der Waals surface area (Å²) in [5, 5.41) is 0. The zero-order valence-electron chi connectivity index (χ0n) is 8.75. The Morgan fingerprint density at radius 3 is 2.36 bits per heavy atom. The van der Waals surface area contributed by atoms with Gasteiger partial charge in [-0.05, 0) is 13.3 Å². The number of methoxy groups -OCH3 is 1. The average molecular weight is 266 g/mol. The summed E-state index contributed by atoms with van der Waals surface area (Å²) in [5.41, 5.74) is 0. The van der Waals surface area contributed by atoms with Crippen LogP contribution >= 0.6 is 15.9 Å². The molecule has 0 heterocycles. The molecule has 1 atom stereocenters. The minimum atomic E-state index is -0.393. The summed E-state index contributed by atoms with van der Waals surface area (Å²) >= 11 is 3.25. The van der Waals surface area contributed by atoms with Crippen LogP contribution in [-0.2, 0) is 14.3 Å². The number of rotatable bonds is 5. The number of amides is 1.